The number of benzene rings is 1. The summed E-state index contributed by atoms with van der Waals surface area (Å²) in [4.78, 5) is 0. The van der Waals surface area contributed by atoms with Crippen LogP contribution in [0.15, 0.2) is 18.2 Å². The number of hydrogen-bond donors (Lipinski definition) is 1. The fourth-order valence-corrected chi connectivity index (χ4v) is 1.83. The van der Waals surface area contributed by atoms with Gasteiger partial charge in [0, 0.05) is 22.7 Å². The lowest BCUT2D eigenvalue weighted by atomic mass is 10.1. The Kier molecular flexibility index (Phi) is 3.90. The highest BCUT2D eigenvalue weighted by Gasteiger charge is 2.14. The third kappa shape index (κ3) is 2.69. The predicted molar refractivity (Wildman–Crippen MR) is 58.1 cm³/mol. The van der Waals surface area contributed by atoms with Gasteiger partial charge in [-0.2, -0.15) is 0 Å². The van der Waals surface area contributed by atoms with E-state index < -0.39 is 0 Å². The van der Waals surface area contributed by atoms with Crippen molar-refractivity contribution in [2.75, 3.05) is 0 Å². The molecular weight excluding hydrogens is 201 g/mol. The molecule has 0 aliphatic carbocycles. The van der Waals surface area contributed by atoms with Crippen LogP contribution in [0.5, 0.6) is 0 Å². The Morgan fingerprint density at radius 2 is 1.93 bits per heavy atom. The lowest BCUT2D eigenvalue weighted by molar-refractivity contribution is 0.483. The van der Waals surface area contributed by atoms with E-state index in [9.17, 15) is 4.39 Å². The SMILES string of the molecule is CC(C)NC(C)c1c(F)cccc1Cl. The number of hydrogen-bond acceptors (Lipinski definition) is 1. The van der Waals surface area contributed by atoms with E-state index in [2.05, 4.69) is 5.32 Å². The van der Waals surface area contributed by atoms with E-state index >= 15 is 0 Å². The molecular formula is C11H15ClFN. The van der Waals surface area contributed by atoms with Gasteiger partial charge in [0.1, 0.15) is 5.82 Å². The van der Waals surface area contributed by atoms with Crippen LogP contribution in [-0.2, 0) is 0 Å². The highest BCUT2D eigenvalue weighted by atomic mass is 35.5. The maximum atomic E-state index is 13.4. The van der Waals surface area contributed by atoms with Crippen LogP contribution >= 0.6 is 11.6 Å². The molecule has 0 bridgehead atoms. The summed E-state index contributed by atoms with van der Waals surface area (Å²) in [5, 5.41) is 3.69. The van der Waals surface area contributed by atoms with Crippen LogP contribution < -0.4 is 5.32 Å². The molecule has 0 fully saturated rings. The molecule has 0 saturated heterocycles. The molecule has 1 N–H and O–H groups in total. The first-order valence-corrected chi connectivity index (χ1v) is 5.10. The maximum absolute atomic E-state index is 13.4. The monoisotopic (exact) mass is 215 g/mol. The molecule has 1 unspecified atom stereocenters. The highest BCUT2D eigenvalue weighted by molar-refractivity contribution is 6.31. The molecule has 1 rings (SSSR count). The standard InChI is InChI=1S/C11H15ClFN/c1-7(2)14-8(3)11-9(12)5-4-6-10(11)13/h4-8,14H,1-3H3. The molecule has 0 aliphatic rings. The van der Waals surface area contributed by atoms with Gasteiger partial charge >= 0.3 is 0 Å². The third-order valence-corrected chi connectivity index (χ3v) is 2.35. The van der Waals surface area contributed by atoms with E-state index in [0.29, 0.717) is 16.6 Å². The second-order valence-electron chi connectivity index (χ2n) is 3.68. The van der Waals surface area contributed by atoms with Crippen LogP contribution in [0.3, 0.4) is 0 Å². The second-order valence-corrected chi connectivity index (χ2v) is 4.09. The Morgan fingerprint density at radius 3 is 2.43 bits per heavy atom. The van der Waals surface area contributed by atoms with Crippen molar-refractivity contribution in [2.45, 2.75) is 32.9 Å². The van der Waals surface area contributed by atoms with Gasteiger partial charge in [-0.15, -0.1) is 0 Å². The predicted octanol–water partition coefficient (Wildman–Crippen LogP) is 3.54. The Labute approximate surface area is 89.3 Å². The minimum absolute atomic E-state index is 0.0660. The van der Waals surface area contributed by atoms with Crippen molar-refractivity contribution in [2.24, 2.45) is 0 Å². The van der Waals surface area contributed by atoms with E-state index in [4.69, 9.17) is 11.6 Å². The third-order valence-electron chi connectivity index (χ3n) is 2.02. The molecule has 0 saturated carbocycles. The van der Waals surface area contributed by atoms with Gasteiger partial charge in [0.25, 0.3) is 0 Å². The van der Waals surface area contributed by atoms with Crippen molar-refractivity contribution in [1.29, 1.82) is 0 Å². The Morgan fingerprint density at radius 1 is 1.29 bits per heavy atom. The summed E-state index contributed by atoms with van der Waals surface area (Å²) < 4.78 is 13.4. The molecule has 3 heteroatoms. The molecule has 0 spiro atoms. The average molecular weight is 216 g/mol. The lowest BCUT2D eigenvalue weighted by Crippen LogP contribution is -2.26. The Hall–Kier alpha value is -0.600. The van der Waals surface area contributed by atoms with Crippen LogP contribution in [-0.4, -0.2) is 6.04 Å². The van der Waals surface area contributed by atoms with Crippen molar-refractivity contribution < 1.29 is 4.39 Å². The van der Waals surface area contributed by atoms with Gasteiger partial charge in [-0.05, 0) is 19.1 Å². The minimum atomic E-state index is -0.252. The summed E-state index contributed by atoms with van der Waals surface area (Å²) >= 11 is 5.93. The zero-order valence-corrected chi connectivity index (χ0v) is 9.40. The first kappa shape index (κ1) is 11.5. The number of rotatable bonds is 3. The maximum Gasteiger partial charge on any atom is 0.129 e. The van der Waals surface area contributed by atoms with E-state index in [1.807, 2.05) is 20.8 Å². The first-order chi connectivity index (χ1) is 6.52. The first-order valence-electron chi connectivity index (χ1n) is 4.72. The van der Waals surface area contributed by atoms with E-state index in [-0.39, 0.29) is 11.9 Å². The molecule has 0 aliphatic heterocycles. The summed E-state index contributed by atoms with van der Waals surface area (Å²) in [6.07, 6.45) is 0. The van der Waals surface area contributed by atoms with Gasteiger partial charge in [0.2, 0.25) is 0 Å². The van der Waals surface area contributed by atoms with Gasteiger partial charge in [-0.3, -0.25) is 0 Å². The fourth-order valence-electron chi connectivity index (χ4n) is 1.51. The zero-order valence-electron chi connectivity index (χ0n) is 8.64. The summed E-state index contributed by atoms with van der Waals surface area (Å²) in [6.45, 7) is 5.95. The van der Waals surface area contributed by atoms with Crippen LogP contribution in [0.1, 0.15) is 32.4 Å². The van der Waals surface area contributed by atoms with Crippen molar-refractivity contribution >= 4 is 11.6 Å². The number of nitrogens with one attached hydrogen (secondary N) is 1. The van der Waals surface area contributed by atoms with Crippen molar-refractivity contribution in [1.82, 2.24) is 5.32 Å². The summed E-state index contributed by atoms with van der Waals surface area (Å²) in [6, 6.07) is 4.99. The van der Waals surface area contributed by atoms with E-state index in [1.54, 1.807) is 12.1 Å². The molecule has 1 nitrogen and oxygen atoms in total. The van der Waals surface area contributed by atoms with Gasteiger partial charge in [0.05, 0.1) is 0 Å². The topological polar surface area (TPSA) is 12.0 Å². The van der Waals surface area contributed by atoms with Gasteiger partial charge in [0.15, 0.2) is 0 Å². The quantitative estimate of drug-likeness (QED) is 0.814. The molecule has 0 amide bonds. The average Bonchev–Trinajstić information content (AvgIpc) is 2.01. The molecule has 1 aromatic carbocycles. The van der Waals surface area contributed by atoms with Crippen molar-refractivity contribution in [3.63, 3.8) is 0 Å². The number of halogens is 2. The minimum Gasteiger partial charge on any atom is -0.308 e. The smallest absolute Gasteiger partial charge is 0.129 e. The normalized spacial score (nSPS) is 13.3. The second kappa shape index (κ2) is 4.76. The summed E-state index contributed by atoms with van der Waals surface area (Å²) in [5.41, 5.74) is 0.544. The lowest BCUT2D eigenvalue weighted by Gasteiger charge is -2.18. The van der Waals surface area contributed by atoms with Crippen molar-refractivity contribution in [3.8, 4) is 0 Å². The molecule has 0 radical (unpaired) electrons. The van der Waals surface area contributed by atoms with Gasteiger partial charge in [-0.25, -0.2) is 4.39 Å². The largest absolute Gasteiger partial charge is 0.308 e. The molecule has 14 heavy (non-hydrogen) atoms. The zero-order chi connectivity index (χ0) is 10.7. The molecule has 1 aromatic rings. The Balaban J connectivity index is 2.94. The molecule has 0 heterocycles. The van der Waals surface area contributed by atoms with Crippen LogP contribution in [0.4, 0.5) is 4.39 Å². The van der Waals surface area contributed by atoms with E-state index in [0.717, 1.165) is 0 Å². The van der Waals surface area contributed by atoms with Crippen LogP contribution in [0.25, 0.3) is 0 Å². The van der Waals surface area contributed by atoms with E-state index in [1.165, 1.54) is 6.07 Å². The van der Waals surface area contributed by atoms with Crippen molar-refractivity contribution in [3.05, 3.63) is 34.6 Å². The molecule has 0 aromatic heterocycles. The summed E-state index contributed by atoms with van der Waals surface area (Å²) in [5.74, 6) is -0.252. The van der Waals surface area contributed by atoms with Gasteiger partial charge < -0.3 is 5.32 Å². The Bertz CT molecular complexity index is 292. The van der Waals surface area contributed by atoms with Crippen LogP contribution in [0, 0.1) is 5.82 Å². The molecule has 78 valence electrons. The van der Waals surface area contributed by atoms with Crippen LogP contribution in [0.2, 0.25) is 5.02 Å². The fraction of sp³-hybridized carbons (Fsp3) is 0.455. The summed E-state index contributed by atoms with van der Waals surface area (Å²) in [7, 11) is 0. The highest BCUT2D eigenvalue weighted by Crippen LogP contribution is 2.25. The molecule has 1 atom stereocenters. The van der Waals surface area contributed by atoms with Gasteiger partial charge in [-0.1, -0.05) is 31.5 Å².